The molecule has 0 radical (unpaired) electrons. The lowest BCUT2D eigenvalue weighted by Crippen LogP contribution is -1.94. The van der Waals surface area contributed by atoms with Gasteiger partial charge >= 0.3 is 0 Å². The van der Waals surface area contributed by atoms with Crippen molar-refractivity contribution in [3.8, 4) is 0 Å². The minimum absolute atomic E-state index is 0.0723. The predicted octanol–water partition coefficient (Wildman–Crippen LogP) is 1.82. The van der Waals surface area contributed by atoms with Crippen molar-refractivity contribution in [2.24, 2.45) is 10.9 Å². The van der Waals surface area contributed by atoms with Crippen LogP contribution in [0, 0.1) is 5.92 Å². The Labute approximate surface area is 61.7 Å². The highest BCUT2D eigenvalue weighted by Gasteiger charge is 1.94. The third-order valence-electron chi connectivity index (χ3n) is 0.935. The van der Waals surface area contributed by atoms with E-state index in [0.29, 0.717) is 11.6 Å². The van der Waals surface area contributed by atoms with Gasteiger partial charge in [0.15, 0.2) is 5.78 Å². The van der Waals surface area contributed by atoms with E-state index >= 15 is 0 Å². The highest BCUT2D eigenvalue weighted by Crippen LogP contribution is 1.94. The summed E-state index contributed by atoms with van der Waals surface area (Å²) in [5, 5.41) is 0. The normalized spacial score (nSPS) is 10.8. The number of carbonyl (C=O) groups excluding carboxylic acids is 1. The molecule has 0 N–H and O–H groups in total. The van der Waals surface area contributed by atoms with E-state index in [1.165, 1.54) is 6.92 Å². The van der Waals surface area contributed by atoms with Gasteiger partial charge in [0.2, 0.25) is 0 Å². The first kappa shape index (κ1) is 9.08. The van der Waals surface area contributed by atoms with Gasteiger partial charge in [0.05, 0.1) is 5.70 Å². The lowest BCUT2D eigenvalue weighted by Gasteiger charge is -1.93. The van der Waals surface area contributed by atoms with Gasteiger partial charge in [-0.15, -0.1) is 0 Å². The van der Waals surface area contributed by atoms with E-state index in [4.69, 9.17) is 0 Å². The SMILES string of the molecule is C=C(N=CC(C)C)C(C)=O. The molecule has 0 atom stereocenters. The maximum atomic E-state index is 10.5. The maximum absolute atomic E-state index is 10.5. The highest BCUT2D eigenvalue weighted by atomic mass is 16.1. The van der Waals surface area contributed by atoms with Crippen molar-refractivity contribution < 1.29 is 4.79 Å². The molecule has 0 aromatic heterocycles. The van der Waals surface area contributed by atoms with Crippen LogP contribution in [0.25, 0.3) is 0 Å². The van der Waals surface area contributed by atoms with Gasteiger partial charge in [-0.3, -0.25) is 9.79 Å². The van der Waals surface area contributed by atoms with Crippen molar-refractivity contribution in [1.29, 1.82) is 0 Å². The molecular formula is C8H13NO. The van der Waals surface area contributed by atoms with E-state index in [0.717, 1.165) is 0 Å². The first-order chi connectivity index (χ1) is 4.54. The molecule has 0 saturated carbocycles. The molecule has 0 aliphatic heterocycles. The summed E-state index contributed by atoms with van der Waals surface area (Å²) in [7, 11) is 0. The first-order valence-electron chi connectivity index (χ1n) is 3.28. The number of Topliss-reactive ketones (excluding diaryl/α,β-unsaturated/α-hetero) is 1. The number of allylic oxidation sites excluding steroid dienone is 1. The predicted molar refractivity (Wildman–Crippen MR) is 43.2 cm³/mol. The quantitative estimate of drug-likeness (QED) is 0.433. The fourth-order valence-electron chi connectivity index (χ4n) is 0.330. The minimum Gasteiger partial charge on any atom is -0.293 e. The van der Waals surface area contributed by atoms with Crippen molar-refractivity contribution in [3.05, 3.63) is 12.3 Å². The van der Waals surface area contributed by atoms with Crippen molar-refractivity contribution in [1.82, 2.24) is 0 Å². The molecule has 0 bridgehead atoms. The zero-order chi connectivity index (χ0) is 8.15. The van der Waals surface area contributed by atoms with Crippen LogP contribution >= 0.6 is 0 Å². The summed E-state index contributed by atoms with van der Waals surface area (Å²) in [4.78, 5) is 14.4. The Morgan fingerprint density at radius 1 is 1.60 bits per heavy atom. The lowest BCUT2D eigenvalue weighted by molar-refractivity contribution is -0.113. The summed E-state index contributed by atoms with van der Waals surface area (Å²) < 4.78 is 0. The molecule has 2 nitrogen and oxygen atoms in total. The van der Waals surface area contributed by atoms with Crippen LogP contribution in [0.2, 0.25) is 0 Å². The van der Waals surface area contributed by atoms with E-state index in [9.17, 15) is 4.79 Å². The lowest BCUT2D eigenvalue weighted by atomic mass is 10.2. The van der Waals surface area contributed by atoms with Gasteiger partial charge in [0.25, 0.3) is 0 Å². The zero-order valence-electron chi connectivity index (χ0n) is 6.72. The number of nitrogens with zero attached hydrogens (tertiary/aromatic N) is 1. The van der Waals surface area contributed by atoms with Gasteiger partial charge < -0.3 is 0 Å². The van der Waals surface area contributed by atoms with Gasteiger partial charge in [-0.1, -0.05) is 20.4 Å². The Morgan fingerprint density at radius 2 is 2.10 bits per heavy atom. The van der Waals surface area contributed by atoms with E-state index < -0.39 is 0 Å². The Kier molecular flexibility index (Phi) is 3.62. The van der Waals surface area contributed by atoms with Gasteiger partial charge in [0, 0.05) is 13.1 Å². The minimum atomic E-state index is -0.0723. The van der Waals surface area contributed by atoms with E-state index in [-0.39, 0.29) is 5.78 Å². The summed E-state index contributed by atoms with van der Waals surface area (Å²) in [5.41, 5.74) is 0.328. The topological polar surface area (TPSA) is 29.4 Å². The summed E-state index contributed by atoms with van der Waals surface area (Å²) in [6, 6.07) is 0. The molecule has 0 heterocycles. The van der Waals surface area contributed by atoms with Crippen molar-refractivity contribution in [2.75, 3.05) is 0 Å². The van der Waals surface area contributed by atoms with Crippen LogP contribution in [-0.2, 0) is 4.79 Å². The molecule has 0 saturated heterocycles. The summed E-state index contributed by atoms with van der Waals surface area (Å²) in [6.45, 7) is 8.93. The molecule has 2 heteroatoms. The molecule has 0 rings (SSSR count). The molecule has 0 fully saturated rings. The molecule has 0 aromatic carbocycles. The molecule has 0 aliphatic carbocycles. The van der Waals surface area contributed by atoms with Gasteiger partial charge in [-0.05, 0) is 5.92 Å². The molecule has 0 unspecified atom stereocenters. The third kappa shape index (κ3) is 4.01. The number of hydrogen-bond donors (Lipinski definition) is 0. The number of rotatable bonds is 3. The van der Waals surface area contributed by atoms with Gasteiger partial charge in [-0.25, -0.2) is 0 Å². The van der Waals surface area contributed by atoms with Gasteiger partial charge in [0.1, 0.15) is 0 Å². The Balaban J connectivity index is 3.91. The monoisotopic (exact) mass is 139 g/mol. The van der Waals surface area contributed by atoms with E-state index in [1.807, 2.05) is 13.8 Å². The van der Waals surface area contributed by atoms with Crippen molar-refractivity contribution in [3.63, 3.8) is 0 Å². The van der Waals surface area contributed by atoms with Crippen LogP contribution in [0.15, 0.2) is 17.3 Å². The van der Waals surface area contributed by atoms with Crippen LogP contribution in [0.3, 0.4) is 0 Å². The van der Waals surface area contributed by atoms with Crippen LogP contribution < -0.4 is 0 Å². The highest BCUT2D eigenvalue weighted by molar-refractivity contribution is 5.93. The number of carbonyl (C=O) groups is 1. The second-order valence-electron chi connectivity index (χ2n) is 2.53. The fourth-order valence-corrected chi connectivity index (χ4v) is 0.330. The van der Waals surface area contributed by atoms with Crippen molar-refractivity contribution in [2.45, 2.75) is 20.8 Å². The average molecular weight is 139 g/mol. The Morgan fingerprint density at radius 3 is 2.40 bits per heavy atom. The first-order valence-corrected chi connectivity index (χ1v) is 3.28. The fraction of sp³-hybridized carbons (Fsp3) is 0.500. The largest absolute Gasteiger partial charge is 0.293 e. The zero-order valence-corrected chi connectivity index (χ0v) is 6.72. The van der Waals surface area contributed by atoms with E-state index in [2.05, 4.69) is 11.6 Å². The van der Waals surface area contributed by atoms with E-state index in [1.54, 1.807) is 6.21 Å². The Bertz CT molecular complexity index is 168. The standard InChI is InChI=1S/C8H13NO/c1-6(2)5-9-7(3)8(4)10/h5-6H,3H2,1-2,4H3. The molecule has 0 aromatic rings. The molecule has 56 valence electrons. The van der Waals surface area contributed by atoms with Gasteiger partial charge in [-0.2, -0.15) is 0 Å². The second-order valence-corrected chi connectivity index (χ2v) is 2.53. The Hall–Kier alpha value is -0.920. The average Bonchev–Trinajstić information content (AvgIpc) is 1.82. The molecule has 0 amide bonds. The smallest absolute Gasteiger partial charge is 0.177 e. The number of ketones is 1. The number of aliphatic imine (C=N–C) groups is 1. The summed E-state index contributed by atoms with van der Waals surface area (Å²) in [5.74, 6) is 0.299. The molecular weight excluding hydrogens is 126 g/mol. The van der Waals surface area contributed by atoms with Crippen LogP contribution in [0.1, 0.15) is 20.8 Å². The maximum Gasteiger partial charge on any atom is 0.177 e. The van der Waals surface area contributed by atoms with Crippen molar-refractivity contribution >= 4 is 12.0 Å². The van der Waals surface area contributed by atoms with Crippen LogP contribution in [0.4, 0.5) is 0 Å². The van der Waals surface area contributed by atoms with Crippen LogP contribution in [-0.4, -0.2) is 12.0 Å². The summed E-state index contributed by atoms with van der Waals surface area (Å²) >= 11 is 0. The number of hydrogen-bond acceptors (Lipinski definition) is 2. The summed E-state index contributed by atoms with van der Waals surface area (Å²) in [6.07, 6.45) is 1.71. The molecule has 0 spiro atoms. The third-order valence-corrected chi connectivity index (χ3v) is 0.935. The second kappa shape index (κ2) is 3.99. The van der Waals surface area contributed by atoms with Crippen LogP contribution in [0.5, 0.6) is 0 Å². The molecule has 10 heavy (non-hydrogen) atoms. The molecule has 0 aliphatic rings.